The van der Waals surface area contributed by atoms with Crippen molar-refractivity contribution in [2.45, 2.75) is 26.4 Å². The Bertz CT molecular complexity index is 621. The third-order valence-electron chi connectivity index (χ3n) is 2.89. The molecule has 1 amide bonds. The van der Waals surface area contributed by atoms with Crippen LogP contribution in [0.1, 0.15) is 29.2 Å². The summed E-state index contributed by atoms with van der Waals surface area (Å²) in [6.45, 7) is 3.99. The van der Waals surface area contributed by atoms with E-state index in [-0.39, 0.29) is 11.6 Å². The Morgan fingerprint density at radius 2 is 2.24 bits per heavy atom. The van der Waals surface area contributed by atoms with Crippen molar-refractivity contribution in [1.82, 2.24) is 20.3 Å². The van der Waals surface area contributed by atoms with Crippen molar-refractivity contribution in [3.05, 3.63) is 34.3 Å². The van der Waals surface area contributed by atoms with Crippen LogP contribution < -0.4 is 5.32 Å². The minimum absolute atomic E-state index is 0.110. The van der Waals surface area contributed by atoms with Crippen LogP contribution in [0, 0.1) is 5.92 Å². The van der Waals surface area contributed by atoms with Crippen molar-refractivity contribution in [2.24, 2.45) is 5.92 Å². The molecule has 21 heavy (non-hydrogen) atoms. The molecular formula is C13H16N4O3S. The Balaban J connectivity index is 2.03. The van der Waals surface area contributed by atoms with E-state index in [1.165, 1.54) is 6.20 Å². The van der Waals surface area contributed by atoms with Crippen molar-refractivity contribution >= 4 is 23.2 Å². The number of nitrogens with one attached hydrogen (secondary N) is 1. The molecule has 0 unspecified atom stereocenters. The fraction of sp³-hybridized carbons (Fsp3) is 0.385. The molecule has 2 rings (SSSR count). The highest BCUT2D eigenvalue weighted by molar-refractivity contribution is 7.09. The lowest BCUT2D eigenvalue weighted by atomic mass is 10.0. The standard InChI is InChI=1S/C13H16N4O3S/c1-8(2)11(13(19)20)14-12(18)10-7-17(16-15-10)6-9-4-3-5-21-9/h3-5,7-8,11H,6H2,1-2H3,(H,14,18)(H,19,20)/t11-/m0/s1. The van der Waals surface area contributed by atoms with Gasteiger partial charge in [0.05, 0.1) is 12.7 Å². The topological polar surface area (TPSA) is 97.1 Å². The van der Waals surface area contributed by atoms with Gasteiger partial charge in [-0.1, -0.05) is 25.1 Å². The number of amides is 1. The third-order valence-corrected chi connectivity index (χ3v) is 3.75. The molecule has 0 spiro atoms. The zero-order chi connectivity index (χ0) is 15.4. The fourth-order valence-corrected chi connectivity index (χ4v) is 2.47. The Labute approximate surface area is 125 Å². The average Bonchev–Trinajstić information content (AvgIpc) is 3.07. The molecule has 2 heterocycles. The molecule has 0 aliphatic carbocycles. The lowest BCUT2D eigenvalue weighted by Gasteiger charge is -2.16. The van der Waals surface area contributed by atoms with Gasteiger partial charge in [-0.25, -0.2) is 9.48 Å². The number of aliphatic carboxylic acids is 1. The van der Waals surface area contributed by atoms with Gasteiger partial charge in [0.1, 0.15) is 6.04 Å². The van der Waals surface area contributed by atoms with E-state index in [1.807, 2.05) is 17.5 Å². The molecule has 0 saturated heterocycles. The summed E-state index contributed by atoms with van der Waals surface area (Å²) < 4.78 is 1.55. The number of hydrogen-bond acceptors (Lipinski definition) is 5. The van der Waals surface area contributed by atoms with Gasteiger partial charge in [-0.05, 0) is 17.4 Å². The Hall–Kier alpha value is -2.22. The number of hydrogen-bond donors (Lipinski definition) is 2. The number of nitrogens with zero attached hydrogens (tertiary/aromatic N) is 3. The van der Waals surface area contributed by atoms with Crippen molar-refractivity contribution in [3.8, 4) is 0 Å². The van der Waals surface area contributed by atoms with E-state index in [0.717, 1.165) is 4.88 Å². The zero-order valence-electron chi connectivity index (χ0n) is 11.7. The molecule has 0 aliphatic rings. The summed E-state index contributed by atoms with van der Waals surface area (Å²) >= 11 is 1.59. The van der Waals surface area contributed by atoms with E-state index in [2.05, 4.69) is 15.6 Å². The van der Waals surface area contributed by atoms with Crippen LogP contribution in [0.2, 0.25) is 0 Å². The maximum absolute atomic E-state index is 12.0. The van der Waals surface area contributed by atoms with Crippen molar-refractivity contribution < 1.29 is 14.7 Å². The number of carbonyl (C=O) groups excluding carboxylic acids is 1. The largest absolute Gasteiger partial charge is 0.480 e. The fourth-order valence-electron chi connectivity index (χ4n) is 1.77. The maximum Gasteiger partial charge on any atom is 0.326 e. The Morgan fingerprint density at radius 1 is 1.48 bits per heavy atom. The second kappa shape index (κ2) is 6.49. The lowest BCUT2D eigenvalue weighted by molar-refractivity contribution is -0.140. The quantitative estimate of drug-likeness (QED) is 0.836. The second-order valence-electron chi connectivity index (χ2n) is 4.91. The molecule has 1 atom stereocenters. The summed E-state index contributed by atoms with van der Waals surface area (Å²) in [5, 5.41) is 21.1. The molecule has 2 aromatic heterocycles. The number of rotatable bonds is 6. The van der Waals surface area contributed by atoms with E-state index < -0.39 is 17.9 Å². The van der Waals surface area contributed by atoms with E-state index in [9.17, 15) is 9.59 Å². The summed E-state index contributed by atoms with van der Waals surface area (Å²) in [5.74, 6) is -1.81. The summed E-state index contributed by atoms with van der Waals surface area (Å²) in [5.41, 5.74) is 0.110. The Kier molecular flexibility index (Phi) is 4.69. The Morgan fingerprint density at radius 3 is 2.81 bits per heavy atom. The van der Waals surface area contributed by atoms with Gasteiger partial charge in [-0.15, -0.1) is 16.4 Å². The highest BCUT2D eigenvalue weighted by Gasteiger charge is 2.25. The molecule has 8 heteroatoms. The number of aromatic nitrogens is 3. The first-order valence-corrected chi connectivity index (χ1v) is 7.31. The monoisotopic (exact) mass is 308 g/mol. The minimum Gasteiger partial charge on any atom is -0.480 e. The van der Waals surface area contributed by atoms with Crippen molar-refractivity contribution in [2.75, 3.05) is 0 Å². The average molecular weight is 308 g/mol. The number of carboxylic acids is 1. The van der Waals surface area contributed by atoms with Crippen LogP contribution in [-0.2, 0) is 11.3 Å². The maximum atomic E-state index is 12.0. The molecule has 2 aromatic rings. The van der Waals surface area contributed by atoms with Gasteiger partial charge in [0.25, 0.3) is 5.91 Å². The number of carbonyl (C=O) groups is 2. The second-order valence-corrected chi connectivity index (χ2v) is 5.95. The van der Waals surface area contributed by atoms with E-state index in [0.29, 0.717) is 6.54 Å². The predicted molar refractivity (Wildman–Crippen MR) is 77.2 cm³/mol. The molecule has 2 N–H and O–H groups in total. The van der Waals surface area contributed by atoms with Gasteiger partial charge in [0.15, 0.2) is 5.69 Å². The summed E-state index contributed by atoms with van der Waals surface area (Å²) in [4.78, 5) is 24.2. The summed E-state index contributed by atoms with van der Waals surface area (Å²) in [7, 11) is 0. The highest BCUT2D eigenvalue weighted by Crippen LogP contribution is 2.10. The van der Waals surface area contributed by atoms with Gasteiger partial charge < -0.3 is 10.4 Å². The number of carboxylic acid groups (broad SMARTS) is 1. The summed E-state index contributed by atoms with van der Waals surface area (Å²) in [6, 6.07) is 2.95. The van der Waals surface area contributed by atoms with Crippen molar-refractivity contribution in [1.29, 1.82) is 0 Å². The van der Waals surface area contributed by atoms with Gasteiger partial charge in [-0.3, -0.25) is 4.79 Å². The van der Waals surface area contributed by atoms with Gasteiger partial charge >= 0.3 is 5.97 Å². The van der Waals surface area contributed by atoms with Crippen molar-refractivity contribution in [3.63, 3.8) is 0 Å². The summed E-state index contributed by atoms with van der Waals surface area (Å²) in [6.07, 6.45) is 1.51. The van der Waals surface area contributed by atoms with E-state index in [1.54, 1.807) is 29.9 Å². The van der Waals surface area contributed by atoms with E-state index >= 15 is 0 Å². The van der Waals surface area contributed by atoms with E-state index in [4.69, 9.17) is 5.11 Å². The van der Waals surface area contributed by atoms with Crippen LogP contribution in [0.15, 0.2) is 23.7 Å². The molecule has 7 nitrogen and oxygen atoms in total. The van der Waals surface area contributed by atoms with Crippen LogP contribution >= 0.6 is 11.3 Å². The van der Waals surface area contributed by atoms with Gasteiger partial charge in [0.2, 0.25) is 0 Å². The molecule has 0 aromatic carbocycles. The molecule has 0 fully saturated rings. The first-order valence-electron chi connectivity index (χ1n) is 6.43. The van der Waals surface area contributed by atoms with Crippen LogP contribution in [0.3, 0.4) is 0 Å². The van der Waals surface area contributed by atoms with Gasteiger partial charge in [0, 0.05) is 4.88 Å². The smallest absolute Gasteiger partial charge is 0.326 e. The number of thiophene rings is 1. The molecule has 0 aliphatic heterocycles. The van der Waals surface area contributed by atoms with Crippen LogP contribution in [0.25, 0.3) is 0 Å². The predicted octanol–water partition coefficient (Wildman–Crippen LogP) is 1.23. The van der Waals surface area contributed by atoms with Crippen LogP contribution in [-0.4, -0.2) is 38.0 Å². The lowest BCUT2D eigenvalue weighted by Crippen LogP contribution is -2.44. The van der Waals surface area contributed by atoms with Crippen LogP contribution in [0.4, 0.5) is 0 Å². The van der Waals surface area contributed by atoms with Crippen LogP contribution in [0.5, 0.6) is 0 Å². The first kappa shape index (κ1) is 15.2. The first-order chi connectivity index (χ1) is 9.97. The normalized spacial score (nSPS) is 12.3. The molecule has 0 bridgehead atoms. The zero-order valence-corrected chi connectivity index (χ0v) is 12.5. The van der Waals surface area contributed by atoms with Gasteiger partial charge in [-0.2, -0.15) is 0 Å². The minimum atomic E-state index is -1.07. The molecular weight excluding hydrogens is 292 g/mol. The SMILES string of the molecule is CC(C)[C@H](NC(=O)c1cn(Cc2cccs2)nn1)C(=O)O. The highest BCUT2D eigenvalue weighted by atomic mass is 32.1. The molecule has 0 saturated carbocycles. The molecule has 112 valence electrons. The third kappa shape index (κ3) is 3.88. The molecule has 0 radical (unpaired) electrons.